The molecule has 2 fully saturated rings. The van der Waals surface area contributed by atoms with Gasteiger partial charge >= 0.3 is 0 Å². The second-order valence-corrected chi connectivity index (χ2v) is 9.58. The highest BCUT2D eigenvalue weighted by Crippen LogP contribution is 2.40. The van der Waals surface area contributed by atoms with Crippen molar-refractivity contribution in [3.05, 3.63) is 70.7 Å². The van der Waals surface area contributed by atoms with Crippen LogP contribution in [-0.2, 0) is 4.74 Å². The Labute approximate surface area is 200 Å². The number of aromatic nitrogens is 1. The van der Waals surface area contributed by atoms with Gasteiger partial charge < -0.3 is 25.2 Å². The lowest BCUT2D eigenvalue weighted by molar-refractivity contribution is 0.136. The number of nitrogens with one attached hydrogen (secondary N) is 2. The molecule has 7 nitrogen and oxygen atoms in total. The minimum atomic E-state index is 0.302. The number of allylic oxidation sites excluding steroid dienone is 2. The topological polar surface area (TPSA) is 76.5 Å². The minimum absolute atomic E-state index is 0.302. The van der Waals surface area contributed by atoms with E-state index in [4.69, 9.17) is 4.74 Å². The van der Waals surface area contributed by atoms with Crippen LogP contribution < -0.4 is 15.5 Å². The van der Waals surface area contributed by atoms with Crippen LogP contribution in [0, 0.1) is 11.3 Å². The Hall–Kier alpha value is -3.34. The lowest BCUT2D eigenvalue weighted by Crippen LogP contribution is -2.49. The molecule has 0 unspecified atom stereocenters. The van der Waals surface area contributed by atoms with Gasteiger partial charge in [-0.2, -0.15) is 5.26 Å². The van der Waals surface area contributed by atoms with Crippen LogP contribution in [0.15, 0.2) is 65.2 Å². The fourth-order valence-electron chi connectivity index (χ4n) is 5.69. The number of hydrogen-bond acceptors (Lipinski definition) is 7. The van der Waals surface area contributed by atoms with Gasteiger partial charge in [-0.05, 0) is 54.8 Å². The summed E-state index contributed by atoms with van der Waals surface area (Å²) in [5.41, 5.74) is 8.12. The fourth-order valence-corrected chi connectivity index (χ4v) is 5.69. The predicted molar refractivity (Wildman–Crippen MR) is 133 cm³/mol. The summed E-state index contributed by atoms with van der Waals surface area (Å²) in [4.78, 5) is 9.55. The summed E-state index contributed by atoms with van der Waals surface area (Å²) in [5.74, 6) is 0. The van der Waals surface area contributed by atoms with Gasteiger partial charge in [-0.3, -0.25) is 4.98 Å². The smallest absolute Gasteiger partial charge is 0.101 e. The lowest BCUT2D eigenvalue weighted by Gasteiger charge is -2.42. The van der Waals surface area contributed by atoms with Crippen LogP contribution in [0.1, 0.15) is 18.9 Å². The summed E-state index contributed by atoms with van der Waals surface area (Å²) in [5, 5.41) is 17.7. The third-order valence-corrected chi connectivity index (χ3v) is 7.35. The van der Waals surface area contributed by atoms with E-state index in [0.29, 0.717) is 17.6 Å². The Balaban J connectivity index is 1.27. The van der Waals surface area contributed by atoms with Gasteiger partial charge in [0.1, 0.15) is 6.07 Å². The van der Waals surface area contributed by atoms with Crippen LogP contribution in [0.3, 0.4) is 0 Å². The Bertz CT molecular complexity index is 1250. The number of piperazine rings is 1. The third kappa shape index (κ3) is 3.73. The molecular weight excluding hydrogens is 424 g/mol. The van der Waals surface area contributed by atoms with Crippen molar-refractivity contribution in [1.29, 1.82) is 5.26 Å². The number of nitrogens with zero attached hydrogens (tertiary/aromatic N) is 4. The molecule has 34 heavy (non-hydrogen) atoms. The van der Waals surface area contributed by atoms with Crippen LogP contribution in [0.4, 0.5) is 5.69 Å². The number of pyridine rings is 1. The van der Waals surface area contributed by atoms with E-state index in [1.54, 1.807) is 6.20 Å². The molecule has 1 aliphatic carbocycles. The molecular formula is C27H30N6O. The van der Waals surface area contributed by atoms with Gasteiger partial charge in [0.15, 0.2) is 0 Å². The molecule has 2 atom stereocenters. The molecule has 1 aromatic carbocycles. The van der Waals surface area contributed by atoms with Crippen molar-refractivity contribution in [2.24, 2.45) is 0 Å². The number of fused-ring (bicyclic) bond motifs is 3. The molecule has 0 spiro atoms. The summed E-state index contributed by atoms with van der Waals surface area (Å²) in [6.45, 7) is 8.50. The van der Waals surface area contributed by atoms with Crippen molar-refractivity contribution in [3.63, 3.8) is 0 Å². The van der Waals surface area contributed by atoms with Crippen molar-refractivity contribution in [2.45, 2.75) is 25.4 Å². The number of nitriles is 1. The van der Waals surface area contributed by atoms with Gasteiger partial charge in [0, 0.05) is 60.9 Å². The maximum absolute atomic E-state index is 9.53. The lowest BCUT2D eigenvalue weighted by atomic mass is 9.96. The molecule has 2 saturated heterocycles. The average molecular weight is 455 g/mol. The molecule has 3 aliphatic heterocycles. The Morgan fingerprint density at radius 1 is 1.26 bits per heavy atom. The van der Waals surface area contributed by atoms with Crippen LogP contribution in [0.25, 0.3) is 10.9 Å². The second kappa shape index (κ2) is 8.79. The molecule has 2 aromatic rings. The molecule has 4 heterocycles. The zero-order valence-electron chi connectivity index (χ0n) is 19.6. The zero-order chi connectivity index (χ0) is 23.1. The molecule has 0 amide bonds. The molecule has 0 radical (unpaired) electrons. The van der Waals surface area contributed by atoms with Gasteiger partial charge in [-0.1, -0.05) is 6.08 Å². The summed E-state index contributed by atoms with van der Waals surface area (Å²) in [7, 11) is 0. The molecule has 2 N–H and O–H groups in total. The van der Waals surface area contributed by atoms with Crippen LogP contribution >= 0.6 is 0 Å². The first-order chi connectivity index (χ1) is 16.7. The van der Waals surface area contributed by atoms with E-state index in [9.17, 15) is 5.26 Å². The number of ether oxygens (including phenoxy) is 1. The molecule has 6 rings (SSSR count). The normalized spacial score (nSPS) is 24.7. The molecule has 4 aliphatic rings. The Morgan fingerprint density at radius 3 is 3.12 bits per heavy atom. The second-order valence-electron chi connectivity index (χ2n) is 9.58. The van der Waals surface area contributed by atoms with Gasteiger partial charge in [-0.15, -0.1) is 0 Å². The van der Waals surface area contributed by atoms with Crippen LogP contribution in [-0.4, -0.2) is 67.9 Å². The summed E-state index contributed by atoms with van der Waals surface area (Å²) in [6.07, 6.45) is 7.39. The third-order valence-electron chi connectivity index (χ3n) is 7.35. The van der Waals surface area contributed by atoms with E-state index >= 15 is 0 Å². The van der Waals surface area contributed by atoms with Crippen LogP contribution in [0.2, 0.25) is 0 Å². The molecule has 0 bridgehead atoms. The quantitative estimate of drug-likeness (QED) is 0.739. The molecule has 174 valence electrons. The molecule has 0 saturated carbocycles. The summed E-state index contributed by atoms with van der Waals surface area (Å²) >= 11 is 0. The first-order valence-corrected chi connectivity index (χ1v) is 12.2. The summed E-state index contributed by atoms with van der Waals surface area (Å²) < 4.78 is 5.71. The first kappa shape index (κ1) is 21.2. The monoisotopic (exact) mass is 454 g/mol. The number of hydrogen-bond donors (Lipinski definition) is 2. The maximum Gasteiger partial charge on any atom is 0.101 e. The van der Waals surface area contributed by atoms with Gasteiger partial charge in [0.25, 0.3) is 0 Å². The Morgan fingerprint density at radius 2 is 2.21 bits per heavy atom. The van der Waals surface area contributed by atoms with Crippen LogP contribution in [0.5, 0.6) is 0 Å². The first-order valence-electron chi connectivity index (χ1n) is 12.2. The van der Waals surface area contributed by atoms with Crippen molar-refractivity contribution in [3.8, 4) is 6.07 Å². The Kier molecular flexibility index (Phi) is 5.48. The predicted octanol–water partition coefficient (Wildman–Crippen LogP) is 2.68. The number of benzene rings is 1. The van der Waals surface area contributed by atoms with Crippen molar-refractivity contribution in [1.82, 2.24) is 20.5 Å². The molecule has 7 heteroatoms. The minimum Gasteiger partial charge on any atom is -0.379 e. The van der Waals surface area contributed by atoms with Crippen molar-refractivity contribution < 1.29 is 4.74 Å². The zero-order valence-corrected chi connectivity index (χ0v) is 19.6. The average Bonchev–Trinajstić information content (AvgIpc) is 3.03. The van der Waals surface area contributed by atoms with E-state index in [2.05, 4.69) is 62.7 Å². The number of anilines is 1. The van der Waals surface area contributed by atoms with E-state index < -0.39 is 0 Å². The van der Waals surface area contributed by atoms with E-state index in [1.807, 2.05) is 12.1 Å². The SMILES string of the molecule is C[C@@H]1CN(c2ccc(C#N)c3ncccc23)CC2=C3CC=C(N[C@H]4CNCCOC4)C=C3CN21. The largest absolute Gasteiger partial charge is 0.379 e. The standard InChI is InChI=1S/C27H30N6O/c1-18-14-32(25-7-4-19(12-28)27-24(25)3-2-8-30-27)16-26-23-6-5-21(11-20(23)15-33(18)26)31-22-13-29-9-10-34-17-22/h2-5,7-8,11,18,22,29,31H,6,9-10,13-17H2,1H3/t18-,22+/m1/s1. The fraction of sp³-hybridized carbons (Fsp3) is 0.407. The van der Waals surface area contributed by atoms with Gasteiger partial charge in [0.2, 0.25) is 0 Å². The van der Waals surface area contributed by atoms with E-state index in [-0.39, 0.29) is 0 Å². The number of rotatable bonds is 3. The van der Waals surface area contributed by atoms with Gasteiger partial charge in [-0.25, -0.2) is 0 Å². The summed E-state index contributed by atoms with van der Waals surface area (Å²) in [6, 6.07) is 11.0. The van der Waals surface area contributed by atoms with Gasteiger partial charge in [0.05, 0.1) is 36.9 Å². The highest BCUT2D eigenvalue weighted by atomic mass is 16.5. The highest BCUT2D eigenvalue weighted by Gasteiger charge is 2.36. The maximum atomic E-state index is 9.53. The van der Waals surface area contributed by atoms with E-state index in [0.717, 1.165) is 68.9 Å². The van der Waals surface area contributed by atoms with E-state index in [1.165, 1.54) is 22.5 Å². The highest BCUT2D eigenvalue weighted by molar-refractivity contribution is 5.95. The van der Waals surface area contributed by atoms with Crippen molar-refractivity contribution in [2.75, 3.05) is 50.8 Å². The van der Waals surface area contributed by atoms with Crippen molar-refractivity contribution >= 4 is 16.6 Å². The molecule has 1 aromatic heterocycles.